The molecular weight excluding hydrogens is 189 g/mol. The Hall–Kier alpha value is -1.03. The summed E-state index contributed by atoms with van der Waals surface area (Å²) < 4.78 is 0. The highest BCUT2D eigenvalue weighted by Crippen LogP contribution is 2.15. The van der Waals surface area contributed by atoms with Gasteiger partial charge in [0.25, 0.3) is 0 Å². The Morgan fingerprint density at radius 2 is 2.20 bits per heavy atom. The molecule has 3 nitrogen and oxygen atoms in total. The fourth-order valence-electron chi connectivity index (χ4n) is 1.25. The number of hydrogen-bond acceptors (Lipinski definition) is 2. The molecule has 84 valence electrons. The molecule has 0 bridgehead atoms. The van der Waals surface area contributed by atoms with Crippen LogP contribution in [-0.4, -0.2) is 25.5 Å². The number of hydrogen-bond donors (Lipinski definition) is 2. The van der Waals surface area contributed by atoms with Gasteiger partial charge in [-0.05, 0) is 43.3 Å². The van der Waals surface area contributed by atoms with Crippen LogP contribution >= 0.6 is 0 Å². The molecule has 0 aliphatic carbocycles. The van der Waals surface area contributed by atoms with Crippen molar-refractivity contribution in [2.45, 2.75) is 26.7 Å². The molecule has 0 fully saturated rings. The van der Waals surface area contributed by atoms with E-state index in [4.69, 9.17) is 10.8 Å². The van der Waals surface area contributed by atoms with Crippen molar-refractivity contribution in [3.05, 3.63) is 23.2 Å². The van der Waals surface area contributed by atoms with Gasteiger partial charge in [-0.3, -0.25) is 0 Å². The van der Waals surface area contributed by atoms with Crippen molar-refractivity contribution >= 4 is 13.8 Å². The van der Waals surface area contributed by atoms with Crippen LogP contribution in [0.15, 0.2) is 23.2 Å². The lowest BCUT2D eigenvalue weighted by Crippen LogP contribution is -2.11. The summed E-state index contributed by atoms with van der Waals surface area (Å²) in [5.74, 6) is -0.407. The molecule has 1 atom stereocenters. The average molecular weight is 209 g/mol. The lowest BCUT2D eigenvalue weighted by atomic mass is 9.86. The zero-order valence-corrected chi connectivity index (χ0v) is 9.79. The van der Waals surface area contributed by atoms with E-state index in [0.29, 0.717) is 17.9 Å². The lowest BCUT2D eigenvalue weighted by molar-refractivity contribution is -0.131. The second kappa shape index (κ2) is 7.29. The Balaban J connectivity index is 4.55. The summed E-state index contributed by atoms with van der Waals surface area (Å²) in [6, 6.07) is 0. The lowest BCUT2D eigenvalue weighted by Gasteiger charge is -2.10. The Morgan fingerprint density at radius 3 is 2.60 bits per heavy atom. The van der Waals surface area contributed by atoms with Crippen LogP contribution in [0.4, 0.5) is 0 Å². The monoisotopic (exact) mass is 209 g/mol. The van der Waals surface area contributed by atoms with Crippen LogP contribution in [0.25, 0.3) is 0 Å². The third-order valence-corrected chi connectivity index (χ3v) is 2.48. The molecule has 0 spiro atoms. The fourth-order valence-corrected chi connectivity index (χ4v) is 1.25. The molecule has 0 radical (unpaired) electrons. The van der Waals surface area contributed by atoms with Gasteiger partial charge < -0.3 is 10.8 Å². The number of rotatable bonds is 6. The first kappa shape index (κ1) is 14.0. The molecule has 0 aromatic rings. The molecule has 0 heterocycles. The van der Waals surface area contributed by atoms with Crippen LogP contribution in [0, 0.1) is 5.92 Å². The number of allylic oxidation sites excluding steroid dienone is 3. The summed E-state index contributed by atoms with van der Waals surface area (Å²) in [6.45, 7) is 4.61. The fraction of sp³-hybridized carbons (Fsp3) is 0.545. The molecule has 0 rings (SSSR count). The summed E-state index contributed by atoms with van der Waals surface area (Å²) >= 11 is 0. The van der Waals surface area contributed by atoms with Gasteiger partial charge in [0.05, 0.1) is 0 Å². The van der Waals surface area contributed by atoms with Crippen molar-refractivity contribution in [3.8, 4) is 0 Å². The second-order valence-electron chi connectivity index (χ2n) is 3.83. The van der Waals surface area contributed by atoms with Crippen LogP contribution in [0.5, 0.6) is 0 Å². The molecule has 4 heteroatoms. The van der Waals surface area contributed by atoms with Crippen molar-refractivity contribution in [3.63, 3.8) is 0 Å². The van der Waals surface area contributed by atoms with E-state index < -0.39 is 5.97 Å². The summed E-state index contributed by atoms with van der Waals surface area (Å²) in [4.78, 5) is 10.8. The van der Waals surface area contributed by atoms with E-state index in [9.17, 15) is 4.79 Å². The molecule has 0 aliphatic heterocycles. The zero-order chi connectivity index (χ0) is 11.8. The minimum atomic E-state index is -0.844. The molecule has 3 N–H and O–H groups in total. The standard InChI is InChI=1S/C11H20BNO2/c1-3-4-9(10(12)11(14)15)6-5-8(2)7-13/h3-4,8H,5-7,12-13H2,1-2H3,(H,14,15)/b4-3-,10-9+. The predicted molar refractivity (Wildman–Crippen MR) is 65.5 cm³/mol. The highest BCUT2D eigenvalue weighted by atomic mass is 16.4. The molecule has 0 amide bonds. The SMILES string of the molecule is B/C(C(=O)O)=C(\C=C/C)CCC(C)CN. The summed E-state index contributed by atoms with van der Waals surface area (Å²) in [6.07, 6.45) is 5.45. The van der Waals surface area contributed by atoms with Crippen LogP contribution in [-0.2, 0) is 4.79 Å². The van der Waals surface area contributed by atoms with Gasteiger partial charge in [-0.1, -0.05) is 19.1 Å². The first-order valence-corrected chi connectivity index (χ1v) is 5.28. The van der Waals surface area contributed by atoms with Crippen molar-refractivity contribution in [1.29, 1.82) is 0 Å². The Labute approximate surface area is 92.5 Å². The Kier molecular flexibility index (Phi) is 6.79. The highest BCUT2D eigenvalue weighted by molar-refractivity contribution is 6.35. The maximum Gasteiger partial charge on any atom is 0.322 e. The summed E-state index contributed by atoms with van der Waals surface area (Å²) in [5, 5.41) is 8.89. The quantitative estimate of drug-likeness (QED) is 0.388. The number of carbonyl (C=O) groups is 1. The molecule has 0 aromatic carbocycles. The smallest absolute Gasteiger partial charge is 0.322 e. The van der Waals surface area contributed by atoms with Gasteiger partial charge >= 0.3 is 5.97 Å². The van der Waals surface area contributed by atoms with E-state index in [0.717, 1.165) is 18.4 Å². The molecule has 15 heavy (non-hydrogen) atoms. The third-order valence-electron chi connectivity index (χ3n) is 2.48. The Bertz CT molecular complexity index is 272. The maximum absolute atomic E-state index is 10.8. The van der Waals surface area contributed by atoms with E-state index in [2.05, 4.69) is 6.92 Å². The molecule has 0 aromatic heterocycles. The topological polar surface area (TPSA) is 63.3 Å². The molecule has 0 saturated carbocycles. The largest absolute Gasteiger partial charge is 0.478 e. The maximum atomic E-state index is 10.8. The van der Waals surface area contributed by atoms with E-state index >= 15 is 0 Å². The number of carboxylic acids is 1. The van der Waals surface area contributed by atoms with Crippen molar-refractivity contribution < 1.29 is 9.90 Å². The van der Waals surface area contributed by atoms with E-state index in [1.54, 1.807) is 7.85 Å². The predicted octanol–water partition coefficient (Wildman–Crippen LogP) is 0.909. The van der Waals surface area contributed by atoms with E-state index in [1.807, 2.05) is 19.1 Å². The summed E-state index contributed by atoms with van der Waals surface area (Å²) in [5.41, 5.74) is 6.84. The van der Waals surface area contributed by atoms with Gasteiger partial charge in [0.2, 0.25) is 0 Å². The van der Waals surface area contributed by atoms with Gasteiger partial charge in [0.15, 0.2) is 0 Å². The van der Waals surface area contributed by atoms with Crippen LogP contribution in [0.2, 0.25) is 0 Å². The van der Waals surface area contributed by atoms with Crippen molar-refractivity contribution in [2.75, 3.05) is 6.54 Å². The van der Waals surface area contributed by atoms with Gasteiger partial charge in [-0.2, -0.15) is 0 Å². The van der Waals surface area contributed by atoms with Gasteiger partial charge in [-0.25, -0.2) is 4.79 Å². The molecular formula is C11H20BNO2. The average Bonchev–Trinajstić information content (AvgIpc) is 2.22. The third kappa shape index (κ3) is 5.42. The van der Waals surface area contributed by atoms with Gasteiger partial charge in [-0.15, -0.1) is 0 Å². The molecule has 0 aliphatic rings. The minimum absolute atomic E-state index is 0.428. The van der Waals surface area contributed by atoms with Crippen LogP contribution < -0.4 is 5.73 Å². The van der Waals surface area contributed by atoms with Crippen molar-refractivity contribution in [2.24, 2.45) is 11.7 Å². The summed E-state index contributed by atoms with van der Waals surface area (Å²) in [7, 11) is 1.64. The molecule has 0 saturated heterocycles. The first-order chi connectivity index (χ1) is 7.02. The number of aliphatic carboxylic acids is 1. The normalized spacial score (nSPS) is 15.1. The number of carboxylic acid groups (broad SMARTS) is 1. The second-order valence-corrected chi connectivity index (χ2v) is 3.83. The highest BCUT2D eigenvalue weighted by Gasteiger charge is 2.08. The van der Waals surface area contributed by atoms with Crippen LogP contribution in [0.3, 0.4) is 0 Å². The first-order valence-electron chi connectivity index (χ1n) is 5.28. The van der Waals surface area contributed by atoms with Gasteiger partial charge in [0, 0.05) is 0 Å². The van der Waals surface area contributed by atoms with E-state index in [-0.39, 0.29) is 0 Å². The minimum Gasteiger partial charge on any atom is -0.478 e. The van der Waals surface area contributed by atoms with E-state index in [1.165, 1.54) is 0 Å². The van der Waals surface area contributed by atoms with Crippen molar-refractivity contribution in [1.82, 2.24) is 0 Å². The van der Waals surface area contributed by atoms with Crippen LogP contribution in [0.1, 0.15) is 26.7 Å². The number of nitrogens with two attached hydrogens (primary N) is 1. The zero-order valence-electron chi connectivity index (χ0n) is 9.79. The molecule has 1 unspecified atom stereocenters. The van der Waals surface area contributed by atoms with Gasteiger partial charge in [0.1, 0.15) is 7.85 Å². The Morgan fingerprint density at radius 1 is 1.60 bits per heavy atom.